The molecule has 0 saturated carbocycles. The molecule has 1 aromatic heterocycles. The van der Waals surface area contributed by atoms with Gasteiger partial charge in [-0.3, -0.25) is 9.48 Å². The van der Waals surface area contributed by atoms with Crippen LogP contribution in [0.5, 0.6) is 5.75 Å². The van der Waals surface area contributed by atoms with Gasteiger partial charge in [-0.05, 0) is 60.9 Å². The van der Waals surface area contributed by atoms with Gasteiger partial charge in [0.05, 0.1) is 23.0 Å². The maximum Gasteiger partial charge on any atom is 0.314 e. The number of carbonyl (C=O) groups is 1. The Morgan fingerprint density at radius 2 is 1.54 bits per heavy atom. The average Bonchev–Trinajstić information content (AvgIpc) is 3.15. The molecule has 0 unspecified atom stereocenters. The molecule has 3 aromatic rings. The van der Waals surface area contributed by atoms with Crippen molar-refractivity contribution < 1.29 is 9.53 Å². The van der Waals surface area contributed by atoms with E-state index in [1.165, 1.54) is 0 Å². The molecule has 2 aromatic carbocycles. The number of hydrogen-bond acceptors (Lipinski definition) is 5. The largest absolute Gasteiger partial charge is 0.426 e. The molecule has 0 aliphatic carbocycles. The van der Waals surface area contributed by atoms with E-state index in [-0.39, 0.29) is 11.9 Å². The molecule has 0 bridgehead atoms. The quantitative estimate of drug-likeness (QED) is 0.295. The summed E-state index contributed by atoms with van der Waals surface area (Å²) in [7, 11) is 1.91. The molecule has 0 saturated heterocycles. The third-order valence-electron chi connectivity index (χ3n) is 4.64. The maximum atomic E-state index is 12.0. The summed E-state index contributed by atoms with van der Waals surface area (Å²) in [6.07, 6.45) is 3.33. The fourth-order valence-electron chi connectivity index (χ4n) is 2.87. The SMILES string of the molecule is CCC(CC)C(=O)Oc1ccc(/N=N/c2ccc(-c3ccnn3C)cc2)cc1. The van der Waals surface area contributed by atoms with Crippen LogP contribution in [0.3, 0.4) is 0 Å². The molecule has 0 amide bonds. The summed E-state index contributed by atoms with van der Waals surface area (Å²) in [5.74, 6) is 0.276. The summed E-state index contributed by atoms with van der Waals surface area (Å²) in [6.45, 7) is 3.98. The second-order valence-corrected chi connectivity index (χ2v) is 6.52. The van der Waals surface area contributed by atoms with Crippen molar-refractivity contribution >= 4 is 17.3 Å². The van der Waals surface area contributed by atoms with E-state index in [0.29, 0.717) is 11.4 Å². The van der Waals surface area contributed by atoms with Crippen LogP contribution in [0.2, 0.25) is 0 Å². The Morgan fingerprint density at radius 1 is 0.964 bits per heavy atom. The number of hydrogen-bond donors (Lipinski definition) is 0. The lowest BCUT2D eigenvalue weighted by Crippen LogP contribution is -2.19. The van der Waals surface area contributed by atoms with Crippen LogP contribution < -0.4 is 4.74 Å². The van der Waals surface area contributed by atoms with Gasteiger partial charge in [-0.25, -0.2) is 0 Å². The van der Waals surface area contributed by atoms with Crippen LogP contribution in [0.15, 0.2) is 71.0 Å². The zero-order valence-corrected chi connectivity index (χ0v) is 16.4. The van der Waals surface area contributed by atoms with Gasteiger partial charge in [0.2, 0.25) is 0 Å². The summed E-state index contributed by atoms with van der Waals surface area (Å²) in [4.78, 5) is 12.0. The third-order valence-corrected chi connectivity index (χ3v) is 4.64. The minimum Gasteiger partial charge on any atom is -0.426 e. The molecule has 1 heterocycles. The molecule has 6 nitrogen and oxygen atoms in total. The van der Waals surface area contributed by atoms with Crippen LogP contribution in [0, 0.1) is 5.92 Å². The second kappa shape index (κ2) is 9.08. The molecule has 0 fully saturated rings. The third kappa shape index (κ3) is 4.71. The monoisotopic (exact) mass is 376 g/mol. The van der Waals surface area contributed by atoms with Crippen LogP contribution in [-0.2, 0) is 11.8 Å². The highest BCUT2D eigenvalue weighted by molar-refractivity contribution is 5.75. The first-order chi connectivity index (χ1) is 13.6. The Labute approximate surface area is 164 Å². The number of benzene rings is 2. The number of rotatable bonds is 7. The minimum absolute atomic E-state index is 0.0614. The van der Waals surface area contributed by atoms with Gasteiger partial charge in [0.1, 0.15) is 5.75 Å². The molecule has 0 aliphatic heterocycles. The Morgan fingerprint density at radius 3 is 2.04 bits per heavy atom. The molecule has 144 valence electrons. The zero-order valence-electron chi connectivity index (χ0n) is 16.4. The Balaban J connectivity index is 1.63. The summed E-state index contributed by atoms with van der Waals surface area (Å²) in [5, 5.41) is 12.7. The fourth-order valence-corrected chi connectivity index (χ4v) is 2.87. The molecule has 0 atom stereocenters. The fraction of sp³-hybridized carbons (Fsp3) is 0.273. The van der Waals surface area contributed by atoms with Crippen molar-refractivity contribution in [2.45, 2.75) is 26.7 Å². The first kappa shape index (κ1) is 19.5. The van der Waals surface area contributed by atoms with Gasteiger partial charge in [-0.1, -0.05) is 26.0 Å². The van der Waals surface area contributed by atoms with Crippen molar-refractivity contribution in [2.75, 3.05) is 0 Å². The van der Waals surface area contributed by atoms with Gasteiger partial charge in [0, 0.05) is 13.2 Å². The average molecular weight is 376 g/mol. The molecule has 0 N–H and O–H groups in total. The number of carbonyl (C=O) groups excluding carboxylic acids is 1. The van der Waals surface area contributed by atoms with Crippen molar-refractivity contribution in [3.05, 3.63) is 60.8 Å². The van der Waals surface area contributed by atoms with Crippen molar-refractivity contribution in [1.82, 2.24) is 9.78 Å². The number of ether oxygens (including phenoxy) is 1. The van der Waals surface area contributed by atoms with Crippen LogP contribution in [0.1, 0.15) is 26.7 Å². The highest BCUT2D eigenvalue weighted by atomic mass is 16.5. The van der Waals surface area contributed by atoms with Crippen LogP contribution in [0.25, 0.3) is 11.3 Å². The number of aromatic nitrogens is 2. The van der Waals surface area contributed by atoms with Gasteiger partial charge < -0.3 is 4.74 Å². The van der Waals surface area contributed by atoms with E-state index in [9.17, 15) is 4.79 Å². The summed E-state index contributed by atoms with van der Waals surface area (Å²) >= 11 is 0. The van der Waals surface area contributed by atoms with Crippen molar-refractivity contribution in [2.24, 2.45) is 23.2 Å². The molecule has 28 heavy (non-hydrogen) atoms. The molecular formula is C22H24N4O2. The minimum atomic E-state index is -0.187. The Bertz CT molecular complexity index is 939. The number of nitrogens with zero attached hydrogens (tertiary/aromatic N) is 4. The van der Waals surface area contributed by atoms with Gasteiger partial charge >= 0.3 is 5.97 Å². The molecule has 0 aliphatic rings. The summed E-state index contributed by atoms with van der Waals surface area (Å²) < 4.78 is 7.24. The van der Waals surface area contributed by atoms with E-state index >= 15 is 0 Å². The molecular weight excluding hydrogens is 352 g/mol. The standard InChI is InChI=1S/C22H24N4O2/c1-4-16(5-2)22(27)28-20-12-10-19(11-13-20)25-24-18-8-6-17(7-9-18)21-14-15-23-26(21)3/h6-16H,4-5H2,1-3H3/b25-24+. The van der Waals surface area contributed by atoms with E-state index < -0.39 is 0 Å². The lowest BCUT2D eigenvalue weighted by molar-refractivity contribution is -0.139. The van der Waals surface area contributed by atoms with E-state index in [1.54, 1.807) is 30.5 Å². The van der Waals surface area contributed by atoms with Gasteiger partial charge in [0.25, 0.3) is 0 Å². The highest BCUT2D eigenvalue weighted by Gasteiger charge is 2.16. The second-order valence-electron chi connectivity index (χ2n) is 6.52. The van der Waals surface area contributed by atoms with Crippen molar-refractivity contribution in [3.63, 3.8) is 0 Å². The van der Waals surface area contributed by atoms with Crippen LogP contribution in [0.4, 0.5) is 11.4 Å². The maximum absolute atomic E-state index is 12.0. The Hall–Kier alpha value is -3.28. The van der Waals surface area contributed by atoms with E-state index in [4.69, 9.17) is 4.74 Å². The van der Waals surface area contributed by atoms with Crippen molar-refractivity contribution in [3.8, 4) is 17.0 Å². The predicted octanol–water partition coefficient (Wildman–Crippen LogP) is 5.84. The Kier molecular flexibility index (Phi) is 6.32. The molecule has 3 rings (SSSR count). The lowest BCUT2D eigenvalue weighted by Gasteiger charge is -2.11. The normalized spacial score (nSPS) is 11.3. The molecule has 6 heteroatoms. The molecule has 0 radical (unpaired) electrons. The van der Waals surface area contributed by atoms with Gasteiger partial charge in [0.15, 0.2) is 0 Å². The summed E-state index contributed by atoms with van der Waals surface area (Å²) in [5.41, 5.74) is 3.57. The number of aryl methyl sites for hydroxylation is 1. The lowest BCUT2D eigenvalue weighted by atomic mass is 10.0. The first-order valence-corrected chi connectivity index (χ1v) is 9.42. The highest BCUT2D eigenvalue weighted by Crippen LogP contribution is 2.25. The smallest absolute Gasteiger partial charge is 0.314 e. The van der Waals surface area contributed by atoms with Crippen molar-refractivity contribution in [1.29, 1.82) is 0 Å². The van der Waals surface area contributed by atoms with E-state index in [2.05, 4.69) is 15.3 Å². The number of esters is 1. The first-order valence-electron chi connectivity index (χ1n) is 9.42. The van der Waals surface area contributed by atoms with E-state index in [0.717, 1.165) is 29.8 Å². The topological polar surface area (TPSA) is 68.8 Å². The van der Waals surface area contributed by atoms with Crippen LogP contribution in [-0.4, -0.2) is 15.7 Å². The van der Waals surface area contributed by atoms with Crippen LogP contribution >= 0.6 is 0 Å². The zero-order chi connectivity index (χ0) is 19.9. The predicted molar refractivity (Wildman–Crippen MR) is 109 cm³/mol. The molecule has 0 spiro atoms. The van der Waals surface area contributed by atoms with Gasteiger partial charge in [-0.2, -0.15) is 15.3 Å². The van der Waals surface area contributed by atoms with Gasteiger partial charge in [-0.15, -0.1) is 0 Å². The van der Waals surface area contributed by atoms with E-state index in [1.807, 2.05) is 55.9 Å². The number of azo groups is 1. The summed E-state index contributed by atoms with van der Waals surface area (Å²) in [6, 6.07) is 16.8.